The second-order valence-corrected chi connectivity index (χ2v) is 4.82. The highest BCUT2D eigenvalue weighted by molar-refractivity contribution is 5.20. The first-order valence-electron chi connectivity index (χ1n) is 5.80. The second kappa shape index (κ2) is 5.75. The highest BCUT2D eigenvalue weighted by atomic mass is 19.1. The molecule has 0 saturated heterocycles. The first-order chi connectivity index (χ1) is 7.91. The molecule has 4 heteroatoms. The maximum atomic E-state index is 12.8. The van der Waals surface area contributed by atoms with E-state index in [9.17, 15) is 14.5 Å². The first kappa shape index (κ1) is 13.6. The summed E-state index contributed by atoms with van der Waals surface area (Å²) >= 11 is 0. The van der Waals surface area contributed by atoms with Crippen molar-refractivity contribution >= 4 is 0 Å². The van der Waals surface area contributed by atoms with Crippen molar-refractivity contribution in [3.8, 4) is 0 Å². The summed E-state index contributed by atoms with van der Waals surface area (Å²) in [5, 5.41) is 11.0. The highest BCUT2D eigenvalue weighted by Crippen LogP contribution is 2.25. The van der Waals surface area contributed by atoms with Gasteiger partial charge in [-0.1, -0.05) is 32.9 Å². The molecule has 94 valence electrons. The Morgan fingerprint density at radius 2 is 1.76 bits per heavy atom. The van der Waals surface area contributed by atoms with E-state index in [0.29, 0.717) is 6.42 Å². The summed E-state index contributed by atoms with van der Waals surface area (Å²) in [5.74, 6) is -0.247. The summed E-state index contributed by atoms with van der Waals surface area (Å²) < 4.78 is 12.8. The van der Waals surface area contributed by atoms with Crippen LogP contribution in [0.5, 0.6) is 0 Å². The Hall–Kier alpha value is -1.45. The van der Waals surface area contributed by atoms with Gasteiger partial charge in [0.2, 0.25) is 6.04 Å². The zero-order chi connectivity index (χ0) is 13.0. The van der Waals surface area contributed by atoms with Crippen LogP contribution in [-0.4, -0.2) is 11.0 Å². The molecule has 0 fully saturated rings. The zero-order valence-electron chi connectivity index (χ0n) is 10.4. The standard InChI is InChI=1S/C13H18FNO2/c1-9(2)8-13(15(16)17)10(3)11-4-6-12(14)7-5-11/h4-7,9-10,13H,8H2,1-3H3. The number of benzene rings is 1. The van der Waals surface area contributed by atoms with E-state index in [1.54, 1.807) is 12.1 Å². The van der Waals surface area contributed by atoms with Gasteiger partial charge in [-0.2, -0.15) is 0 Å². The Morgan fingerprint density at radius 1 is 1.24 bits per heavy atom. The molecule has 2 atom stereocenters. The molecule has 17 heavy (non-hydrogen) atoms. The third-order valence-electron chi connectivity index (χ3n) is 2.96. The normalized spacial score (nSPS) is 14.6. The van der Waals surface area contributed by atoms with Crippen LogP contribution in [0.25, 0.3) is 0 Å². The van der Waals surface area contributed by atoms with E-state index < -0.39 is 6.04 Å². The molecule has 0 heterocycles. The molecular formula is C13H18FNO2. The van der Waals surface area contributed by atoms with Crippen molar-refractivity contribution in [1.82, 2.24) is 0 Å². The van der Waals surface area contributed by atoms with Crippen molar-refractivity contribution in [1.29, 1.82) is 0 Å². The van der Waals surface area contributed by atoms with Gasteiger partial charge in [0.1, 0.15) is 5.82 Å². The van der Waals surface area contributed by atoms with Crippen molar-refractivity contribution in [2.45, 2.75) is 39.2 Å². The van der Waals surface area contributed by atoms with E-state index in [0.717, 1.165) is 5.56 Å². The Labute approximate surface area is 101 Å². The zero-order valence-corrected chi connectivity index (χ0v) is 10.4. The maximum absolute atomic E-state index is 12.8. The Kier molecular flexibility index (Phi) is 4.61. The number of halogens is 1. The van der Waals surface area contributed by atoms with Crippen molar-refractivity contribution in [3.63, 3.8) is 0 Å². The van der Waals surface area contributed by atoms with Crippen molar-refractivity contribution in [2.75, 3.05) is 0 Å². The minimum atomic E-state index is -0.611. The van der Waals surface area contributed by atoms with Crippen LogP contribution in [0.4, 0.5) is 4.39 Å². The summed E-state index contributed by atoms with van der Waals surface area (Å²) in [6.45, 7) is 5.75. The van der Waals surface area contributed by atoms with Gasteiger partial charge in [-0.3, -0.25) is 10.1 Å². The van der Waals surface area contributed by atoms with Crippen LogP contribution in [-0.2, 0) is 0 Å². The fourth-order valence-electron chi connectivity index (χ4n) is 1.94. The molecule has 0 N–H and O–H groups in total. The summed E-state index contributed by atoms with van der Waals surface area (Å²) in [6, 6.07) is 5.32. The SMILES string of the molecule is CC(C)CC(C(C)c1ccc(F)cc1)[N+](=O)[O-]. The second-order valence-electron chi connectivity index (χ2n) is 4.82. The number of nitrogens with zero attached hydrogens (tertiary/aromatic N) is 1. The fraction of sp³-hybridized carbons (Fsp3) is 0.538. The lowest BCUT2D eigenvalue weighted by molar-refractivity contribution is -0.528. The Bertz CT molecular complexity index is 376. The first-order valence-corrected chi connectivity index (χ1v) is 5.80. The number of nitro groups is 1. The van der Waals surface area contributed by atoms with E-state index >= 15 is 0 Å². The molecule has 0 aliphatic carbocycles. The molecule has 0 aliphatic rings. The molecule has 0 radical (unpaired) electrons. The quantitative estimate of drug-likeness (QED) is 0.581. The largest absolute Gasteiger partial charge is 0.264 e. The van der Waals surface area contributed by atoms with Gasteiger partial charge in [-0.15, -0.1) is 0 Å². The predicted molar refractivity (Wildman–Crippen MR) is 65.1 cm³/mol. The highest BCUT2D eigenvalue weighted by Gasteiger charge is 2.29. The van der Waals surface area contributed by atoms with E-state index in [2.05, 4.69) is 0 Å². The molecule has 0 bridgehead atoms. The Morgan fingerprint density at radius 3 is 2.18 bits per heavy atom. The molecule has 3 nitrogen and oxygen atoms in total. The maximum Gasteiger partial charge on any atom is 0.219 e. The Balaban J connectivity index is 2.87. The summed E-state index contributed by atoms with van der Waals surface area (Å²) in [7, 11) is 0. The van der Waals surface area contributed by atoms with Crippen LogP contribution < -0.4 is 0 Å². The lowest BCUT2D eigenvalue weighted by Crippen LogP contribution is -2.27. The number of hydrogen-bond donors (Lipinski definition) is 0. The number of hydrogen-bond acceptors (Lipinski definition) is 2. The topological polar surface area (TPSA) is 43.1 Å². The van der Waals surface area contributed by atoms with Crippen molar-refractivity contribution in [2.24, 2.45) is 5.92 Å². The van der Waals surface area contributed by atoms with Crippen LogP contribution in [0.1, 0.15) is 38.7 Å². The van der Waals surface area contributed by atoms with E-state index in [1.165, 1.54) is 12.1 Å². The van der Waals surface area contributed by atoms with Crippen molar-refractivity contribution in [3.05, 3.63) is 45.8 Å². The van der Waals surface area contributed by atoms with Gasteiger partial charge in [0.15, 0.2) is 0 Å². The summed E-state index contributed by atoms with van der Waals surface area (Å²) in [6.07, 6.45) is 0.533. The summed E-state index contributed by atoms with van der Waals surface area (Å²) in [4.78, 5) is 10.8. The predicted octanol–water partition coefficient (Wildman–Crippen LogP) is 3.62. The van der Waals surface area contributed by atoms with Gasteiger partial charge in [0.05, 0.1) is 0 Å². The van der Waals surface area contributed by atoms with Gasteiger partial charge in [0.25, 0.3) is 0 Å². The molecule has 0 aromatic heterocycles. The van der Waals surface area contributed by atoms with Crippen LogP contribution >= 0.6 is 0 Å². The molecule has 1 aromatic rings. The average Bonchev–Trinajstić information content (AvgIpc) is 2.25. The number of rotatable bonds is 5. The average molecular weight is 239 g/mol. The van der Waals surface area contributed by atoms with Gasteiger partial charge in [-0.05, 0) is 23.6 Å². The molecule has 1 rings (SSSR count). The van der Waals surface area contributed by atoms with E-state index in [1.807, 2.05) is 20.8 Å². The molecule has 0 amide bonds. The van der Waals surface area contributed by atoms with Crippen LogP contribution in [0.2, 0.25) is 0 Å². The van der Waals surface area contributed by atoms with Gasteiger partial charge in [0, 0.05) is 17.3 Å². The smallest absolute Gasteiger partial charge is 0.219 e. The molecule has 0 saturated carbocycles. The lowest BCUT2D eigenvalue weighted by Gasteiger charge is -2.18. The summed E-state index contributed by atoms with van der Waals surface area (Å²) in [5.41, 5.74) is 0.814. The molecular weight excluding hydrogens is 221 g/mol. The van der Waals surface area contributed by atoms with Crippen molar-refractivity contribution < 1.29 is 9.31 Å². The lowest BCUT2D eigenvalue weighted by atomic mass is 9.88. The third kappa shape index (κ3) is 3.80. The fourth-order valence-corrected chi connectivity index (χ4v) is 1.94. The van der Waals surface area contributed by atoms with Crippen LogP contribution in [0.3, 0.4) is 0 Å². The minimum Gasteiger partial charge on any atom is -0.264 e. The molecule has 0 aliphatic heterocycles. The van der Waals surface area contributed by atoms with Crippen LogP contribution in [0, 0.1) is 21.8 Å². The molecule has 1 aromatic carbocycles. The monoisotopic (exact) mass is 239 g/mol. The van der Waals surface area contributed by atoms with Gasteiger partial charge >= 0.3 is 0 Å². The minimum absolute atomic E-state index is 0.201. The molecule has 0 spiro atoms. The van der Waals surface area contributed by atoms with Gasteiger partial charge < -0.3 is 0 Å². The molecule has 2 unspecified atom stereocenters. The van der Waals surface area contributed by atoms with Gasteiger partial charge in [-0.25, -0.2) is 4.39 Å². The van der Waals surface area contributed by atoms with E-state index in [-0.39, 0.29) is 22.6 Å². The third-order valence-corrected chi connectivity index (χ3v) is 2.96. The van der Waals surface area contributed by atoms with E-state index in [4.69, 9.17) is 0 Å². The van der Waals surface area contributed by atoms with Crippen LogP contribution in [0.15, 0.2) is 24.3 Å².